The largest absolute Gasteiger partial charge is 0.399 e. The maximum atomic E-state index is 12.0. The first kappa shape index (κ1) is 11.5. The molecular formula is C12H11N2O2S. The number of hydrogen-bond donors (Lipinski definition) is 2. The summed E-state index contributed by atoms with van der Waals surface area (Å²) in [4.78, 5) is 0.180. The van der Waals surface area contributed by atoms with E-state index in [1.54, 1.807) is 36.4 Å². The van der Waals surface area contributed by atoms with Gasteiger partial charge in [0.05, 0.1) is 4.90 Å². The van der Waals surface area contributed by atoms with E-state index in [0.717, 1.165) is 0 Å². The van der Waals surface area contributed by atoms with E-state index in [0.29, 0.717) is 11.4 Å². The van der Waals surface area contributed by atoms with Crippen LogP contribution in [0.15, 0.2) is 53.4 Å². The zero-order valence-electron chi connectivity index (χ0n) is 8.92. The lowest BCUT2D eigenvalue weighted by Crippen LogP contribution is -2.12. The Morgan fingerprint density at radius 2 is 1.59 bits per heavy atom. The van der Waals surface area contributed by atoms with E-state index < -0.39 is 10.0 Å². The van der Waals surface area contributed by atoms with Crippen molar-refractivity contribution in [3.8, 4) is 0 Å². The highest BCUT2D eigenvalue weighted by Crippen LogP contribution is 2.16. The summed E-state index contributed by atoms with van der Waals surface area (Å²) < 4.78 is 26.4. The maximum Gasteiger partial charge on any atom is 0.261 e. The molecule has 0 spiro atoms. The number of hydrogen-bond acceptors (Lipinski definition) is 3. The quantitative estimate of drug-likeness (QED) is 0.813. The van der Waals surface area contributed by atoms with Crippen LogP contribution in [-0.2, 0) is 10.0 Å². The maximum absolute atomic E-state index is 12.0. The Morgan fingerprint density at radius 3 is 2.18 bits per heavy atom. The average Bonchev–Trinajstić information content (AvgIpc) is 2.30. The summed E-state index contributed by atoms with van der Waals surface area (Å²) in [7, 11) is -3.55. The first-order valence-corrected chi connectivity index (χ1v) is 6.41. The van der Waals surface area contributed by atoms with Crippen LogP contribution in [0.4, 0.5) is 11.4 Å². The second kappa shape index (κ2) is 4.47. The third kappa shape index (κ3) is 2.76. The minimum Gasteiger partial charge on any atom is -0.399 e. The molecule has 0 fully saturated rings. The molecule has 2 aromatic rings. The number of sulfonamides is 1. The van der Waals surface area contributed by atoms with Crippen LogP contribution in [0, 0.1) is 6.07 Å². The second-order valence-electron chi connectivity index (χ2n) is 3.46. The molecule has 0 heterocycles. The topological polar surface area (TPSA) is 72.2 Å². The van der Waals surface area contributed by atoms with Crippen LogP contribution in [0.3, 0.4) is 0 Å². The van der Waals surface area contributed by atoms with Crippen LogP contribution in [0.5, 0.6) is 0 Å². The highest BCUT2D eigenvalue weighted by molar-refractivity contribution is 7.92. The molecule has 0 saturated carbocycles. The minimum atomic E-state index is -3.55. The van der Waals surface area contributed by atoms with E-state index in [9.17, 15) is 8.42 Å². The van der Waals surface area contributed by atoms with Crippen LogP contribution < -0.4 is 10.5 Å². The summed E-state index contributed by atoms with van der Waals surface area (Å²) in [5.74, 6) is 0. The number of anilines is 2. The number of benzene rings is 2. The Morgan fingerprint density at radius 1 is 1.00 bits per heavy atom. The summed E-state index contributed by atoms with van der Waals surface area (Å²) >= 11 is 0. The van der Waals surface area contributed by atoms with Gasteiger partial charge in [-0.3, -0.25) is 4.72 Å². The Hall–Kier alpha value is -2.01. The van der Waals surface area contributed by atoms with Crippen molar-refractivity contribution in [2.75, 3.05) is 10.5 Å². The number of nitrogen functional groups attached to an aromatic ring is 1. The fourth-order valence-electron chi connectivity index (χ4n) is 1.32. The van der Waals surface area contributed by atoms with Gasteiger partial charge in [-0.2, -0.15) is 0 Å². The number of rotatable bonds is 3. The lowest BCUT2D eigenvalue weighted by Gasteiger charge is -2.07. The van der Waals surface area contributed by atoms with Gasteiger partial charge in [-0.1, -0.05) is 12.1 Å². The van der Waals surface area contributed by atoms with Crippen LogP contribution >= 0.6 is 0 Å². The van der Waals surface area contributed by atoms with Gasteiger partial charge in [0, 0.05) is 11.4 Å². The Labute approximate surface area is 100 Å². The highest BCUT2D eigenvalue weighted by atomic mass is 32.2. The van der Waals surface area contributed by atoms with Crippen LogP contribution in [0.1, 0.15) is 0 Å². The molecule has 1 radical (unpaired) electrons. The molecule has 0 aliphatic rings. The Balaban J connectivity index is 2.29. The molecule has 0 bridgehead atoms. The summed E-state index contributed by atoms with van der Waals surface area (Å²) in [6, 6.07) is 15.4. The van der Waals surface area contributed by atoms with Crippen LogP contribution in [-0.4, -0.2) is 8.42 Å². The van der Waals surface area contributed by atoms with Crippen molar-refractivity contribution in [3.63, 3.8) is 0 Å². The van der Waals surface area contributed by atoms with E-state index in [1.807, 2.05) is 0 Å². The highest BCUT2D eigenvalue weighted by Gasteiger charge is 2.13. The SMILES string of the molecule is Nc1ccc(S(=O)(=O)Nc2cc[c]cc2)cc1. The zero-order chi connectivity index (χ0) is 12.3. The molecule has 2 rings (SSSR count). The van der Waals surface area contributed by atoms with Crippen LogP contribution in [0.2, 0.25) is 0 Å². The Kier molecular flexibility index (Phi) is 3.01. The first-order valence-electron chi connectivity index (χ1n) is 4.92. The molecule has 0 aliphatic heterocycles. The van der Waals surface area contributed by atoms with Crippen molar-refractivity contribution < 1.29 is 8.42 Å². The van der Waals surface area contributed by atoms with Gasteiger partial charge in [-0.05, 0) is 42.5 Å². The molecule has 0 amide bonds. The van der Waals surface area contributed by atoms with Gasteiger partial charge in [-0.25, -0.2) is 8.42 Å². The van der Waals surface area contributed by atoms with Crippen molar-refractivity contribution in [1.29, 1.82) is 0 Å². The van der Waals surface area contributed by atoms with E-state index in [1.165, 1.54) is 12.1 Å². The lowest BCUT2D eigenvalue weighted by molar-refractivity contribution is 0.601. The molecule has 0 saturated heterocycles. The van der Waals surface area contributed by atoms with Gasteiger partial charge in [-0.15, -0.1) is 0 Å². The molecule has 5 heteroatoms. The summed E-state index contributed by atoms with van der Waals surface area (Å²) in [5, 5.41) is 0. The van der Waals surface area contributed by atoms with E-state index in [4.69, 9.17) is 5.73 Å². The first-order chi connectivity index (χ1) is 8.08. The minimum absolute atomic E-state index is 0.180. The van der Waals surface area contributed by atoms with E-state index in [2.05, 4.69) is 10.8 Å². The molecule has 0 unspecified atom stereocenters. The molecule has 0 aromatic heterocycles. The van der Waals surface area contributed by atoms with Crippen molar-refractivity contribution >= 4 is 21.4 Å². The third-order valence-corrected chi connectivity index (χ3v) is 3.56. The third-order valence-electron chi connectivity index (χ3n) is 2.16. The zero-order valence-corrected chi connectivity index (χ0v) is 9.74. The summed E-state index contributed by atoms with van der Waals surface area (Å²) in [6.45, 7) is 0. The van der Waals surface area contributed by atoms with Gasteiger partial charge >= 0.3 is 0 Å². The van der Waals surface area contributed by atoms with Gasteiger partial charge in [0.2, 0.25) is 0 Å². The smallest absolute Gasteiger partial charge is 0.261 e. The monoisotopic (exact) mass is 247 g/mol. The average molecular weight is 247 g/mol. The van der Waals surface area contributed by atoms with E-state index in [-0.39, 0.29) is 4.90 Å². The second-order valence-corrected chi connectivity index (χ2v) is 5.15. The van der Waals surface area contributed by atoms with Crippen molar-refractivity contribution in [2.45, 2.75) is 4.90 Å². The van der Waals surface area contributed by atoms with Gasteiger partial charge in [0.25, 0.3) is 10.0 Å². The predicted molar refractivity (Wildman–Crippen MR) is 66.9 cm³/mol. The Bertz CT molecular complexity index is 592. The van der Waals surface area contributed by atoms with Crippen LogP contribution in [0.25, 0.3) is 0 Å². The fourth-order valence-corrected chi connectivity index (χ4v) is 2.37. The molecule has 87 valence electrons. The van der Waals surface area contributed by atoms with Crippen molar-refractivity contribution in [2.24, 2.45) is 0 Å². The van der Waals surface area contributed by atoms with Crippen molar-refractivity contribution in [1.82, 2.24) is 0 Å². The predicted octanol–water partition coefficient (Wildman–Crippen LogP) is 1.87. The molecule has 3 N–H and O–H groups in total. The van der Waals surface area contributed by atoms with Gasteiger partial charge in [0.1, 0.15) is 0 Å². The molecule has 2 aromatic carbocycles. The van der Waals surface area contributed by atoms with Crippen molar-refractivity contribution in [3.05, 3.63) is 54.6 Å². The molecule has 0 atom stereocenters. The standard InChI is InChI=1S/C12H11N2O2S/c13-10-6-8-12(9-7-10)17(15,16)14-11-4-2-1-3-5-11/h2-9,14H,13H2. The molecule has 17 heavy (non-hydrogen) atoms. The molecule has 4 nitrogen and oxygen atoms in total. The number of nitrogens with one attached hydrogen (secondary N) is 1. The lowest BCUT2D eigenvalue weighted by atomic mass is 10.3. The fraction of sp³-hybridized carbons (Fsp3) is 0. The normalized spacial score (nSPS) is 11.1. The summed E-state index contributed by atoms with van der Waals surface area (Å²) in [6.07, 6.45) is 0. The molecule has 0 aliphatic carbocycles. The molecular weight excluding hydrogens is 236 g/mol. The number of nitrogens with two attached hydrogens (primary N) is 1. The van der Waals surface area contributed by atoms with Gasteiger partial charge in [0.15, 0.2) is 0 Å². The van der Waals surface area contributed by atoms with E-state index >= 15 is 0 Å². The summed E-state index contributed by atoms with van der Waals surface area (Å²) in [5.41, 5.74) is 6.53. The van der Waals surface area contributed by atoms with Gasteiger partial charge < -0.3 is 5.73 Å².